The topological polar surface area (TPSA) is 116 Å². The Kier molecular flexibility index (Phi) is 21.3. The Balaban J connectivity index is 0.000000117. The maximum absolute atomic E-state index is 5.00. The van der Waals surface area contributed by atoms with Crippen LogP contribution in [-0.2, 0) is 0 Å². The van der Waals surface area contributed by atoms with Crippen LogP contribution in [0.15, 0.2) is 456 Å². The molecule has 0 bridgehead atoms. The summed E-state index contributed by atoms with van der Waals surface area (Å²) in [5, 5.41) is 7.60. The van der Waals surface area contributed by atoms with Crippen LogP contribution in [0.25, 0.3) is 210 Å². The smallest absolute Gasteiger partial charge is 0.161 e. The van der Waals surface area contributed by atoms with Gasteiger partial charge in [0.05, 0.1) is 34.2 Å². The molecule has 0 radical (unpaired) electrons. The number of aromatic nitrogens is 9. The Morgan fingerprint density at radius 1 is 0.163 bits per heavy atom. The Labute approximate surface area is 717 Å². The van der Waals surface area contributed by atoms with Crippen molar-refractivity contribution in [2.24, 2.45) is 0 Å². The van der Waals surface area contributed by atoms with Gasteiger partial charge in [0.15, 0.2) is 17.5 Å². The van der Waals surface area contributed by atoms with Crippen molar-refractivity contribution in [3.8, 4) is 168 Å². The summed E-state index contributed by atoms with van der Waals surface area (Å²) in [6, 6.07) is 146. The van der Waals surface area contributed by atoms with Crippen molar-refractivity contribution in [3.63, 3.8) is 0 Å². The molecule has 7 aromatic heterocycles. The second kappa shape index (κ2) is 34.7. The van der Waals surface area contributed by atoms with Gasteiger partial charge in [0, 0.05) is 107 Å². The summed E-state index contributed by atoms with van der Waals surface area (Å²) in [6.07, 6.45) is 10.7. The van der Waals surface area contributed by atoms with E-state index in [4.69, 9.17) is 29.9 Å². The van der Waals surface area contributed by atoms with E-state index >= 15 is 0 Å². The van der Waals surface area contributed by atoms with Crippen molar-refractivity contribution in [2.75, 3.05) is 0 Å². The summed E-state index contributed by atoms with van der Waals surface area (Å²) in [4.78, 5) is 42.7. The van der Waals surface area contributed by atoms with E-state index in [1.807, 2.05) is 84.5 Å². The fourth-order valence-corrected chi connectivity index (χ4v) is 17.0. The molecule has 0 fully saturated rings. The summed E-state index contributed by atoms with van der Waals surface area (Å²) < 4.78 is 2.63. The standard InChI is InChI=1S/C39H25N3S.2C37H25N3/c1-2-8-26(9-3-1)27-15-19-29(20-16-27)35-24-36(42-39(41-35)31-10-7-23-40-25-31)30-21-17-28(18-22-30)32-12-6-13-34-33-11-4-5-14-37(33)43-38(32)34;1-2-8-26(9-3-1)27-15-19-30(20-16-27)35-24-36(40-37(39-35)32-12-7-23-38-25-32)31-21-17-29(18-22-31)34-14-6-11-28-10-4-5-13-33(28)34;1-2-7-26(8-3-1)28-12-17-30(18-13-28)35-24-36(40-37(39-35)34-11-6-22-38-25-34)31-19-14-29(15-20-31)33-21-16-27-9-4-5-10-32(27)23-33/h1-25H;2*1-25H. The third-order valence-corrected chi connectivity index (χ3v) is 23.5. The molecule has 7 heterocycles. The molecule has 0 unspecified atom stereocenters. The Hall–Kier alpha value is -16.3. The molecule has 0 amide bonds. The molecular weight excluding hydrogens is 1520 g/mol. The molecule has 123 heavy (non-hydrogen) atoms. The first-order valence-electron chi connectivity index (χ1n) is 41.0. The first-order valence-corrected chi connectivity index (χ1v) is 41.8. The van der Waals surface area contributed by atoms with Gasteiger partial charge in [0.1, 0.15) is 0 Å². The molecule has 15 aromatic carbocycles. The van der Waals surface area contributed by atoms with E-state index in [0.29, 0.717) is 17.5 Å². The number of rotatable bonds is 15. The van der Waals surface area contributed by atoms with Crippen LogP contribution in [0.5, 0.6) is 0 Å². The molecule has 0 aliphatic rings. The number of hydrogen-bond donors (Lipinski definition) is 0. The molecular formula is C113H75N9S. The lowest BCUT2D eigenvalue weighted by Crippen LogP contribution is -1.96. The summed E-state index contributed by atoms with van der Waals surface area (Å²) in [7, 11) is 0. The van der Waals surface area contributed by atoms with Gasteiger partial charge < -0.3 is 0 Å². The highest BCUT2D eigenvalue weighted by Crippen LogP contribution is 2.42. The normalized spacial score (nSPS) is 11.1. The predicted molar refractivity (Wildman–Crippen MR) is 509 cm³/mol. The lowest BCUT2D eigenvalue weighted by molar-refractivity contribution is 1.17. The molecule has 0 N–H and O–H groups in total. The van der Waals surface area contributed by atoms with E-state index in [1.165, 1.54) is 108 Å². The first-order chi connectivity index (χ1) is 60.9. The van der Waals surface area contributed by atoms with Crippen LogP contribution in [0.2, 0.25) is 0 Å². The fraction of sp³-hybridized carbons (Fsp3) is 0. The van der Waals surface area contributed by atoms with Gasteiger partial charge in [-0.25, -0.2) is 29.9 Å². The highest BCUT2D eigenvalue weighted by Gasteiger charge is 2.19. The van der Waals surface area contributed by atoms with E-state index in [-0.39, 0.29) is 0 Å². The van der Waals surface area contributed by atoms with Gasteiger partial charge in [-0.1, -0.05) is 352 Å². The van der Waals surface area contributed by atoms with E-state index in [1.54, 1.807) is 18.6 Å². The molecule has 578 valence electrons. The Morgan fingerprint density at radius 3 is 0.854 bits per heavy atom. The van der Waals surface area contributed by atoms with Gasteiger partial charge >= 0.3 is 0 Å². The number of pyridine rings is 3. The number of thiophene rings is 1. The molecule has 0 aliphatic heterocycles. The molecule has 0 saturated heterocycles. The lowest BCUT2D eigenvalue weighted by Gasteiger charge is -2.11. The van der Waals surface area contributed by atoms with E-state index in [0.717, 1.165) is 84.2 Å². The summed E-state index contributed by atoms with van der Waals surface area (Å²) in [5.74, 6) is 1.98. The van der Waals surface area contributed by atoms with Crippen LogP contribution in [0.3, 0.4) is 0 Å². The van der Waals surface area contributed by atoms with E-state index < -0.39 is 0 Å². The van der Waals surface area contributed by atoms with Crippen molar-refractivity contribution in [1.82, 2.24) is 44.9 Å². The third-order valence-electron chi connectivity index (χ3n) is 22.2. The SMILES string of the molecule is c1ccc(-c2ccc(-c3cc(-c4ccc(-c5ccc6ccccc6c5)cc4)nc(-c4cccnc4)n3)cc2)cc1.c1ccc(-c2ccc(-c3cc(-c4ccc(-c5cccc6c5sc5ccccc56)cc4)nc(-c4cccnc4)n3)cc2)cc1.c1ccc(-c2ccc(-c3cc(-c4ccc(-c5cccc6ccccc56)cc4)nc(-c4cccnc4)n3)cc2)cc1. The van der Waals surface area contributed by atoms with Gasteiger partial charge in [-0.3, -0.25) is 15.0 Å². The van der Waals surface area contributed by atoms with Crippen molar-refractivity contribution < 1.29 is 0 Å². The average molecular weight is 1590 g/mol. The van der Waals surface area contributed by atoms with Crippen LogP contribution < -0.4 is 0 Å². The largest absolute Gasteiger partial charge is 0.264 e. The van der Waals surface area contributed by atoms with E-state index in [9.17, 15) is 0 Å². The third kappa shape index (κ3) is 16.6. The van der Waals surface area contributed by atoms with Gasteiger partial charge in [-0.15, -0.1) is 11.3 Å². The number of benzene rings is 15. The minimum atomic E-state index is 0.658. The van der Waals surface area contributed by atoms with Crippen LogP contribution in [0.1, 0.15) is 0 Å². The van der Waals surface area contributed by atoms with Crippen LogP contribution in [0, 0.1) is 0 Å². The summed E-state index contributed by atoms with van der Waals surface area (Å²) >= 11 is 1.86. The molecule has 10 heteroatoms. The van der Waals surface area contributed by atoms with Gasteiger partial charge in [-0.2, -0.15) is 0 Å². The maximum atomic E-state index is 5.00. The molecule has 22 aromatic rings. The number of hydrogen-bond acceptors (Lipinski definition) is 10. The predicted octanol–water partition coefficient (Wildman–Crippen LogP) is 29.3. The van der Waals surface area contributed by atoms with Gasteiger partial charge in [-0.05, 0) is 155 Å². The molecule has 0 atom stereocenters. The highest BCUT2D eigenvalue weighted by atomic mass is 32.1. The highest BCUT2D eigenvalue weighted by molar-refractivity contribution is 7.26. The first kappa shape index (κ1) is 75.5. The van der Waals surface area contributed by atoms with Crippen molar-refractivity contribution in [3.05, 3.63) is 456 Å². The molecule has 0 aliphatic carbocycles. The van der Waals surface area contributed by atoms with Gasteiger partial charge in [0.25, 0.3) is 0 Å². The van der Waals surface area contributed by atoms with Crippen LogP contribution in [-0.4, -0.2) is 44.9 Å². The Morgan fingerprint density at radius 2 is 0.447 bits per heavy atom. The number of nitrogens with zero attached hydrogens (tertiary/aromatic N) is 9. The average Bonchev–Trinajstić information content (AvgIpc) is 1.57. The van der Waals surface area contributed by atoms with Crippen molar-refractivity contribution in [1.29, 1.82) is 0 Å². The summed E-state index contributed by atoms with van der Waals surface area (Å²) in [5.41, 5.74) is 28.5. The molecule has 0 saturated carbocycles. The minimum absolute atomic E-state index is 0.658. The monoisotopic (exact) mass is 1590 g/mol. The molecule has 22 rings (SSSR count). The zero-order valence-corrected chi connectivity index (χ0v) is 67.6. The zero-order valence-electron chi connectivity index (χ0n) is 66.7. The lowest BCUT2D eigenvalue weighted by atomic mass is 9.97. The van der Waals surface area contributed by atoms with Gasteiger partial charge in [0.2, 0.25) is 0 Å². The quantitative estimate of drug-likeness (QED) is 0.0989. The summed E-state index contributed by atoms with van der Waals surface area (Å²) in [6.45, 7) is 0. The fourth-order valence-electron chi connectivity index (χ4n) is 15.8. The van der Waals surface area contributed by atoms with Crippen molar-refractivity contribution >= 4 is 53.1 Å². The maximum Gasteiger partial charge on any atom is 0.161 e. The second-order valence-corrected chi connectivity index (χ2v) is 31.1. The number of fused-ring (bicyclic) bond motifs is 5. The Bertz CT molecular complexity index is 7440. The zero-order chi connectivity index (χ0) is 82.0. The minimum Gasteiger partial charge on any atom is -0.264 e. The van der Waals surface area contributed by atoms with Crippen molar-refractivity contribution in [2.45, 2.75) is 0 Å². The van der Waals surface area contributed by atoms with Crippen LogP contribution in [0.4, 0.5) is 0 Å². The second-order valence-electron chi connectivity index (χ2n) is 30.0. The van der Waals surface area contributed by atoms with E-state index in [2.05, 4.69) is 379 Å². The van der Waals surface area contributed by atoms with Crippen LogP contribution >= 0.6 is 11.3 Å². The molecule has 9 nitrogen and oxygen atoms in total. The molecule has 0 spiro atoms.